The molecule has 6 heteroatoms. The van der Waals surface area contributed by atoms with Crippen molar-refractivity contribution in [1.29, 1.82) is 0 Å². The highest BCUT2D eigenvalue weighted by molar-refractivity contribution is 5.93. The van der Waals surface area contributed by atoms with Crippen molar-refractivity contribution >= 4 is 11.9 Å². The molecule has 0 fully saturated rings. The molecule has 138 valence electrons. The second-order valence-electron chi connectivity index (χ2n) is 7.10. The maximum Gasteiger partial charge on any atom is 0.314 e. The van der Waals surface area contributed by atoms with Crippen LogP contribution in [0.5, 0.6) is 0 Å². The van der Waals surface area contributed by atoms with E-state index in [9.17, 15) is 9.59 Å². The van der Waals surface area contributed by atoms with Gasteiger partial charge < -0.3 is 20.1 Å². The lowest BCUT2D eigenvalue weighted by atomic mass is 10.1. The molecule has 0 radical (unpaired) electrons. The summed E-state index contributed by atoms with van der Waals surface area (Å²) in [7, 11) is 0. The third-order valence-electron chi connectivity index (χ3n) is 4.52. The Balaban J connectivity index is 1.70. The smallest absolute Gasteiger partial charge is 0.314 e. The van der Waals surface area contributed by atoms with Gasteiger partial charge in [-0.1, -0.05) is 44.2 Å². The van der Waals surface area contributed by atoms with Gasteiger partial charge in [0.1, 0.15) is 5.69 Å². The molecule has 1 aromatic carbocycles. The number of amides is 3. The zero-order chi connectivity index (χ0) is 18.5. The summed E-state index contributed by atoms with van der Waals surface area (Å²) in [5.74, 6) is 0.397. The summed E-state index contributed by atoms with van der Waals surface area (Å²) >= 11 is 0. The number of benzene rings is 1. The van der Waals surface area contributed by atoms with Gasteiger partial charge in [-0.3, -0.25) is 4.79 Å². The molecule has 26 heavy (non-hydrogen) atoms. The zero-order valence-electron chi connectivity index (χ0n) is 15.3. The van der Waals surface area contributed by atoms with Gasteiger partial charge in [-0.2, -0.15) is 0 Å². The fourth-order valence-corrected chi connectivity index (χ4v) is 3.13. The largest absolute Gasteiger partial charge is 0.341 e. The Hall–Kier alpha value is -2.76. The van der Waals surface area contributed by atoms with Crippen molar-refractivity contribution in [3.8, 4) is 0 Å². The number of nitrogens with zero attached hydrogens (tertiary/aromatic N) is 2. The normalized spacial score (nSPS) is 16.5. The minimum atomic E-state index is -0.191. The number of rotatable bonds is 6. The van der Waals surface area contributed by atoms with E-state index in [1.165, 1.54) is 0 Å². The number of hydrogen-bond acceptors (Lipinski definition) is 2. The van der Waals surface area contributed by atoms with Crippen molar-refractivity contribution in [2.24, 2.45) is 5.92 Å². The van der Waals surface area contributed by atoms with Gasteiger partial charge in [0.05, 0.1) is 6.04 Å². The number of nitrogens with one attached hydrogen (secondary N) is 2. The molecule has 0 saturated heterocycles. The lowest BCUT2D eigenvalue weighted by Gasteiger charge is -2.37. The lowest BCUT2D eigenvalue weighted by molar-refractivity contribution is 0.0574. The monoisotopic (exact) mass is 354 g/mol. The van der Waals surface area contributed by atoms with Crippen LogP contribution in [0.4, 0.5) is 4.79 Å². The molecular weight excluding hydrogens is 328 g/mol. The van der Waals surface area contributed by atoms with Crippen molar-refractivity contribution in [1.82, 2.24) is 20.1 Å². The SMILES string of the molecule is CC(C)CNC(=O)NCC1Cn2cccc2C(=O)N1Cc1ccccc1. The maximum absolute atomic E-state index is 12.9. The first-order valence-corrected chi connectivity index (χ1v) is 9.06. The van der Waals surface area contributed by atoms with Gasteiger partial charge in [-0.15, -0.1) is 0 Å². The summed E-state index contributed by atoms with van der Waals surface area (Å²) in [6.07, 6.45) is 1.92. The van der Waals surface area contributed by atoms with Crippen molar-refractivity contribution in [2.45, 2.75) is 33.0 Å². The first-order chi connectivity index (χ1) is 12.5. The topological polar surface area (TPSA) is 66.4 Å². The summed E-state index contributed by atoms with van der Waals surface area (Å²) in [6.45, 7) is 6.35. The van der Waals surface area contributed by atoms with Gasteiger partial charge in [0, 0.05) is 32.4 Å². The van der Waals surface area contributed by atoms with Crippen LogP contribution in [0, 0.1) is 5.92 Å². The molecule has 1 aliphatic heterocycles. The quantitative estimate of drug-likeness (QED) is 0.837. The molecular formula is C20H26N4O2. The molecule has 1 unspecified atom stereocenters. The van der Waals surface area contributed by atoms with Gasteiger partial charge in [0.25, 0.3) is 5.91 Å². The highest BCUT2D eigenvalue weighted by Crippen LogP contribution is 2.20. The second kappa shape index (κ2) is 8.08. The van der Waals surface area contributed by atoms with Gasteiger partial charge in [0.15, 0.2) is 0 Å². The van der Waals surface area contributed by atoms with Crippen LogP contribution in [0.15, 0.2) is 48.7 Å². The predicted molar refractivity (Wildman–Crippen MR) is 101 cm³/mol. The third kappa shape index (κ3) is 4.25. The fraction of sp³-hybridized carbons (Fsp3) is 0.400. The zero-order valence-corrected chi connectivity index (χ0v) is 15.3. The van der Waals surface area contributed by atoms with Crippen molar-refractivity contribution in [3.63, 3.8) is 0 Å². The molecule has 0 spiro atoms. The maximum atomic E-state index is 12.9. The van der Waals surface area contributed by atoms with Crippen LogP contribution in [0.2, 0.25) is 0 Å². The van der Waals surface area contributed by atoms with Crippen LogP contribution in [0.25, 0.3) is 0 Å². The highest BCUT2D eigenvalue weighted by Gasteiger charge is 2.32. The second-order valence-corrected chi connectivity index (χ2v) is 7.10. The molecule has 2 aromatic rings. The van der Waals surface area contributed by atoms with Gasteiger partial charge >= 0.3 is 6.03 Å². The van der Waals surface area contributed by atoms with E-state index in [0.717, 1.165) is 5.56 Å². The molecule has 0 bridgehead atoms. The summed E-state index contributed by atoms with van der Waals surface area (Å²) in [5.41, 5.74) is 1.77. The van der Waals surface area contributed by atoms with E-state index in [1.54, 1.807) is 0 Å². The Morgan fingerprint density at radius 3 is 2.65 bits per heavy atom. The van der Waals surface area contributed by atoms with Crippen LogP contribution >= 0.6 is 0 Å². The first-order valence-electron chi connectivity index (χ1n) is 9.06. The number of carbonyl (C=O) groups is 2. The number of carbonyl (C=O) groups excluding carboxylic acids is 2. The molecule has 1 atom stereocenters. The standard InChI is InChI=1S/C20H26N4O2/c1-15(2)11-21-20(26)22-12-17-14-23-10-6-9-18(23)19(25)24(17)13-16-7-4-3-5-8-16/h3-10,15,17H,11-14H2,1-2H3,(H2,21,22,26). The molecule has 2 heterocycles. The van der Waals surface area contributed by atoms with E-state index in [-0.39, 0.29) is 18.0 Å². The molecule has 1 aliphatic rings. The van der Waals surface area contributed by atoms with E-state index in [0.29, 0.717) is 37.8 Å². The van der Waals surface area contributed by atoms with E-state index in [1.807, 2.05) is 58.1 Å². The molecule has 1 aromatic heterocycles. The van der Waals surface area contributed by atoms with Gasteiger partial charge in [0.2, 0.25) is 0 Å². The van der Waals surface area contributed by atoms with Gasteiger partial charge in [-0.05, 0) is 23.6 Å². The van der Waals surface area contributed by atoms with Crippen molar-refractivity contribution in [2.75, 3.05) is 13.1 Å². The summed E-state index contributed by atoms with van der Waals surface area (Å²) in [5, 5.41) is 5.76. The highest BCUT2D eigenvalue weighted by atomic mass is 16.2. The van der Waals surface area contributed by atoms with E-state index < -0.39 is 0 Å². The summed E-state index contributed by atoms with van der Waals surface area (Å²) in [6, 6.07) is 13.4. The molecule has 0 aliphatic carbocycles. The lowest BCUT2D eigenvalue weighted by Crippen LogP contribution is -2.53. The number of hydrogen-bond donors (Lipinski definition) is 2. The number of urea groups is 1. The first kappa shape index (κ1) is 18.0. The van der Waals surface area contributed by atoms with Crippen LogP contribution in [0.3, 0.4) is 0 Å². The fourth-order valence-electron chi connectivity index (χ4n) is 3.13. The summed E-state index contributed by atoms with van der Waals surface area (Å²) in [4.78, 5) is 26.8. The van der Waals surface area contributed by atoms with Gasteiger partial charge in [-0.25, -0.2) is 4.79 Å². The third-order valence-corrected chi connectivity index (χ3v) is 4.52. The Labute approximate surface area is 154 Å². The molecule has 6 nitrogen and oxygen atoms in total. The Morgan fingerprint density at radius 2 is 1.92 bits per heavy atom. The van der Waals surface area contributed by atoms with Crippen LogP contribution < -0.4 is 10.6 Å². The minimum absolute atomic E-state index is 0.000471. The minimum Gasteiger partial charge on any atom is -0.341 e. The number of aromatic nitrogens is 1. The van der Waals surface area contributed by atoms with E-state index in [4.69, 9.17) is 0 Å². The van der Waals surface area contributed by atoms with Crippen molar-refractivity contribution < 1.29 is 9.59 Å². The summed E-state index contributed by atoms with van der Waals surface area (Å²) < 4.78 is 1.96. The number of fused-ring (bicyclic) bond motifs is 1. The molecule has 3 rings (SSSR count). The Bertz CT molecular complexity index is 754. The molecule has 3 amide bonds. The van der Waals surface area contributed by atoms with Crippen LogP contribution in [-0.2, 0) is 13.1 Å². The van der Waals surface area contributed by atoms with E-state index in [2.05, 4.69) is 24.5 Å². The molecule has 2 N–H and O–H groups in total. The van der Waals surface area contributed by atoms with E-state index >= 15 is 0 Å². The van der Waals surface area contributed by atoms with Crippen LogP contribution in [0.1, 0.15) is 29.9 Å². The average Bonchev–Trinajstić information content (AvgIpc) is 3.10. The average molecular weight is 354 g/mol. The Kier molecular flexibility index (Phi) is 5.61. The van der Waals surface area contributed by atoms with Crippen molar-refractivity contribution in [3.05, 3.63) is 59.9 Å². The molecule has 0 saturated carbocycles. The Morgan fingerprint density at radius 1 is 1.15 bits per heavy atom. The predicted octanol–water partition coefficient (Wildman–Crippen LogP) is 2.47. The van der Waals surface area contributed by atoms with Crippen LogP contribution in [-0.4, -0.2) is 40.5 Å².